The highest BCUT2D eigenvalue weighted by atomic mass is 16.5. The van der Waals surface area contributed by atoms with E-state index in [0.29, 0.717) is 23.4 Å². The van der Waals surface area contributed by atoms with Crippen molar-refractivity contribution < 1.29 is 19.1 Å². The zero-order valence-electron chi connectivity index (χ0n) is 16.6. The summed E-state index contributed by atoms with van der Waals surface area (Å²) in [6.07, 6.45) is 8.99. The van der Waals surface area contributed by atoms with Crippen molar-refractivity contribution >= 4 is 17.7 Å². The first-order valence-corrected chi connectivity index (χ1v) is 10.3. The zero-order valence-corrected chi connectivity index (χ0v) is 16.6. The third-order valence-corrected chi connectivity index (χ3v) is 5.53. The standard InChI is InChI=1S/C22H24N4O4/c27-19(6-3-13-26-21(28)17-4-1-2-5-18(17)22(26)29)25-15-7-9-16(10-8-15)30-20-14-23-11-12-24-20/h1-2,4-5,11-12,14-16H,3,6-10,13H2,(H,25,27). The lowest BCUT2D eigenvalue weighted by Gasteiger charge is -2.29. The van der Waals surface area contributed by atoms with Crippen molar-refractivity contribution in [3.63, 3.8) is 0 Å². The molecule has 8 nitrogen and oxygen atoms in total. The summed E-state index contributed by atoms with van der Waals surface area (Å²) in [6.45, 7) is 0.248. The van der Waals surface area contributed by atoms with Crippen LogP contribution in [0.1, 0.15) is 59.2 Å². The van der Waals surface area contributed by atoms with E-state index in [1.54, 1.807) is 42.9 Å². The van der Waals surface area contributed by atoms with E-state index in [4.69, 9.17) is 4.74 Å². The van der Waals surface area contributed by atoms with Crippen molar-refractivity contribution in [3.8, 4) is 5.88 Å². The molecular formula is C22H24N4O4. The molecule has 30 heavy (non-hydrogen) atoms. The maximum Gasteiger partial charge on any atom is 0.261 e. The Morgan fingerprint density at radius 1 is 1.07 bits per heavy atom. The van der Waals surface area contributed by atoms with Gasteiger partial charge in [0.25, 0.3) is 11.8 Å². The van der Waals surface area contributed by atoms with Crippen molar-refractivity contribution in [1.82, 2.24) is 20.2 Å². The zero-order chi connectivity index (χ0) is 20.9. The van der Waals surface area contributed by atoms with Gasteiger partial charge in [-0.25, -0.2) is 4.98 Å². The summed E-state index contributed by atoms with van der Waals surface area (Å²) in [4.78, 5) is 46.3. The van der Waals surface area contributed by atoms with E-state index in [9.17, 15) is 14.4 Å². The fourth-order valence-corrected chi connectivity index (χ4v) is 3.98. The molecule has 2 aromatic rings. The fraction of sp³-hybridized carbons (Fsp3) is 0.409. The van der Waals surface area contributed by atoms with Gasteiger partial charge < -0.3 is 10.1 Å². The summed E-state index contributed by atoms with van der Waals surface area (Å²) in [6, 6.07) is 6.93. The molecule has 0 bridgehead atoms. The highest BCUT2D eigenvalue weighted by Gasteiger charge is 2.34. The Hall–Kier alpha value is -3.29. The molecule has 1 aromatic carbocycles. The summed E-state index contributed by atoms with van der Waals surface area (Å²) in [5, 5.41) is 3.06. The highest BCUT2D eigenvalue weighted by molar-refractivity contribution is 6.21. The van der Waals surface area contributed by atoms with Gasteiger partial charge in [-0.2, -0.15) is 0 Å². The van der Waals surface area contributed by atoms with Gasteiger partial charge in [0.05, 0.1) is 17.3 Å². The maximum atomic E-state index is 12.3. The van der Waals surface area contributed by atoms with Crippen LogP contribution in [0, 0.1) is 0 Å². The third kappa shape index (κ3) is 4.48. The smallest absolute Gasteiger partial charge is 0.261 e. The molecule has 1 fully saturated rings. The number of ether oxygens (including phenoxy) is 1. The second-order valence-electron chi connectivity index (χ2n) is 7.61. The number of amides is 3. The second kappa shape index (κ2) is 9.02. The average Bonchev–Trinajstić information content (AvgIpc) is 3.01. The number of nitrogens with one attached hydrogen (secondary N) is 1. The lowest BCUT2D eigenvalue weighted by Crippen LogP contribution is -2.40. The molecule has 0 spiro atoms. The van der Waals surface area contributed by atoms with E-state index in [1.165, 1.54) is 4.90 Å². The molecule has 1 aromatic heterocycles. The maximum absolute atomic E-state index is 12.3. The normalized spacial score (nSPS) is 20.7. The van der Waals surface area contributed by atoms with Crippen LogP contribution < -0.4 is 10.1 Å². The Morgan fingerprint density at radius 3 is 2.40 bits per heavy atom. The van der Waals surface area contributed by atoms with Gasteiger partial charge in [-0.3, -0.25) is 24.3 Å². The minimum Gasteiger partial charge on any atom is -0.473 e. The first kappa shape index (κ1) is 20.0. The predicted molar refractivity (Wildman–Crippen MR) is 108 cm³/mol. The third-order valence-electron chi connectivity index (χ3n) is 5.53. The molecule has 0 saturated heterocycles. The Kier molecular flexibility index (Phi) is 6.02. The van der Waals surface area contributed by atoms with Crippen molar-refractivity contribution in [2.45, 2.75) is 50.7 Å². The lowest BCUT2D eigenvalue weighted by molar-refractivity contribution is -0.122. The molecule has 2 heterocycles. The molecule has 1 saturated carbocycles. The molecule has 156 valence electrons. The quantitative estimate of drug-likeness (QED) is 0.706. The molecule has 0 radical (unpaired) electrons. The van der Waals surface area contributed by atoms with Crippen LogP contribution in [0.15, 0.2) is 42.9 Å². The molecule has 0 unspecified atom stereocenters. The second-order valence-corrected chi connectivity index (χ2v) is 7.61. The van der Waals surface area contributed by atoms with Crippen LogP contribution in [0.5, 0.6) is 5.88 Å². The average molecular weight is 408 g/mol. The molecule has 3 amide bonds. The summed E-state index contributed by atoms with van der Waals surface area (Å²) in [5.74, 6) is -0.0853. The number of imide groups is 1. The van der Waals surface area contributed by atoms with E-state index in [2.05, 4.69) is 15.3 Å². The first-order chi connectivity index (χ1) is 14.6. The number of fused-ring (bicyclic) bond motifs is 1. The SMILES string of the molecule is O=C(CCCN1C(=O)c2ccccc2C1=O)NC1CCC(Oc2cnccn2)CC1. The van der Waals surface area contributed by atoms with Crippen LogP contribution >= 0.6 is 0 Å². The number of benzene rings is 1. The summed E-state index contributed by atoms with van der Waals surface area (Å²) >= 11 is 0. The molecule has 0 atom stereocenters. The van der Waals surface area contributed by atoms with Crippen LogP contribution in [0.4, 0.5) is 0 Å². The largest absolute Gasteiger partial charge is 0.473 e. The van der Waals surface area contributed by atoms with Gasteiger partial charge >= 0.3 is 0 Å². The van der Waals surface area contributed by atoms with Gasteiger partial charge in [-0.05, 0) is 44.2 Å². The number of nitrogens with zero attached hydrogens (tertiary/aromatic N) is 3. The van der Waals surface area contributed by atoms with Gasteiger partial charge in [-0.1, -0.05) is 12.1 Å². The van der Waals surface area contributed by atoms with Crippen LogP contribution in [0.3, 0.4) is 0 Å². The van der Waals surface area contributed by atoms with Crippen molar-refractivity contribution in [1.29, 1.82) is 0 Å². The van der Waals surface area contributed by atoms with Crippen LogP contribution in [0.25, 0.3) is 0 Å². The van der Waals surface area contributed by atoms with E-state index in [0.717, 1.165) is 25.7 Å². The van der Waals surface area contributed by atoms with Crippen LogP contribution in [-0.4, -0.2) is 51.3 Å². The highest BCUT2D eigenvalue weighted by Crippen LogP contribution is 2.24. The Labute approximate surface area is 174 Å². The van der Waals surface area contributed by atoms with E-state index in [-0.39, 0.29) is 42.8 Å². The van der Waals surface area contributed by atoms with Crippen LogP contribution in [0.2, 0.25) is 0 Å². The number of hydrogen-bond donors (Lipinski definition) is 1. The van der Waals surface area contributed by atoms with E-state index in [1.807, 2.05) is 0 Å². The minimum atomic E-state index is -0.280. The van der Waals surface area contributed by atoms with Gasteiger partial charge in [0, 0.05) is 31.4 Å². The van der Waals surface area contributed by atoms with Crippen molar-refractivity contribution in [2.24, 2.45) is 0 Å². The predicted octanol–water partition coefficient (Wildman–Crippen LogP) is 2.36. The van der Waals surface area contributed by atoms with Crippen LogP contribution in [-0.2, 0) is 4.79 Å². The number of aromatic nitrogens is 2. The van der Waals surface area contributed by atoms with Gasteiger partial charge in [0.1, 0.15) is 6.10 Å². The molecule has 4 rings (SSSR count). The fourth-order valence-electron chi connectivity index (χ4n) is 3.98. The van der Waals surface area contributed by atoms with Gasteiger partial charge in [0.15, 0.2) is 0 Å². The number of carbonyl (C=O) groups excluding carboxylic acids is 3. The lowest BCUT2D eigenvalue weighted by atomic mass is 9.93. The van der Waals surface area contributed by atoms with Gasteiger partial charge in [-0.15, -0.1) is 0 Å². The Bertz CT molecular complexity index is 891. The topological polar surface area (TPSA) is 101 Å². The summed E-state index contributed by atoms with van der Waals surface area (Å²) in [7, 11) is 0. The molecule has 1 N–H and O–H groups in total. The first-order valence-electron chi connectivity index (χ1n) is 10.3. The van der Waals surface area contributed by atoms with Gasteiger partial charge in [0.2, 0.25) is 11.8 Å². The van der Waals surface area contributed by atoms with Crippen molar-refractivity contribution in [3.05, 3.63) is 54.0 Å². The molecule has 1 aliphatic carbocycles. The molecule has 2 aliphatic rings. The molecule has 1 aliphatic heterocycles. The van der Waals surface area contributed by atoms with E-state index >= 15 is 0 Å². The Balaban J connectivity index is 1.17. The monoisotopic (exact) mass is 408 g/mol. The summed E-state index contributed by atoms with van der Waals surface area (Å²) in [5.41, 5.74) is 0.875. The minimum absolute atomic E-state index is 0.0510. The molecule has 8 heteroatoms. The number of rotatable bonds is 7. The number of carbonyl (C=O) groups is 3. The Morgan fingerprint density at radius 2 is 1.77 bits per heavy atom. The van der Waals surface area contributed by atoms with E-state index < -0.39 is 0 Å². The molecular weight excluding hydrogens is 384 g/mol. The summed E-state index contributed by atoms with van der Waals surface area (Å²) < 4.78 is 5.82. The number of hydrogen-bond acceptors (Lipinski definition) is 6. The van der Waals surface area contributed by atoms with Crippen molar-refractivity contribution in [2.75, 3.05) is 6.54 Å².